The lowest BCUT2D eigenvalue weighted by molar-refractivity contribution is -0.351. The van der Waals surface area contributed by atoms with Gasteiger partial charge >= 0.3 is 0 Å². The average molecular weight is 359 g/mol. The van der Waals surface area contributed by atoms with E-state index in [0.29, 0.717) is 17.6 Å². The van der Waals surface area contributed by atoms with Crippen LogP contribution < -0.4 is 0 Å². The summed E-state index contributed by atoms with van der Waals surface area (Å²) in [5.41, 5.74) is 1.82. The summed E-state index contributed by atoms with van der Waals surface area (Å²) in [5.74, 6) is 1.41. The van der Waals surface area contributed by atoms with E-state index in [1.54, 1.807) is 0 Å². The number of ketones is 1. The van der Waals surface area contributed by atoms with Gasteiger partial charge < -0.3 is 9.47 Å². The van der Waals surface area contributed by atoms with Gasteiger partial charge in [-0.25, -0.2) is 0 Å². The van der Waals surface area contributed by atoms with Gasteiger partial charge in [0.15, 0.2) is 5.79 Å². The van der Waals surface area contributed by atoms with E-state index < -0.39 is 5.79 Å². The Balaban J connectivity index is 1.57. The lowest BCUT2D eigenvalue weighted by atomic mass is 9.38. The van der Waals surface area contributed by atoms with Gasteiger partial charge in [0.25, 0.3) is 0 Å². The van der Waals surface area contributed by atoms with Crippen molar-refractivity contribution in [3.8, 4) is 0 Å². The highest BCUT2D eigenvalue weighted by atomic mass is 16.7. The summed E-state index contributed by atoms with van der Waals surface area (Å²) < 4.78 is 12.6. The lowest BCUT2D eigenvalue weighted by Gasteiger charge is -2.68. The van der Waals surface area contributed by atoms with E-state index in [9.17, 15) is 4.79 Å². The van der Waals surface area contributed by atoms with E-state index in [0.717, 1.165) is 25.9 Å². The fourth-order valence-electron chi connectivity index (χ4n) is 8.06. The van der Waals surface area contributed by atoms with Gasteiger partial charge in [-0.05, 0) is 75.5 Å². The second-order valence-corrected chi connectivity index (χ2v) is 11.0. The van der Waals surface area contributed by atoms with Crippen LogP contribution in [0, 0.1) is 34.0 Å². The molecule has 144 valence electrons. The molecule has 1 saturated heterocycles. The highest BCUT2D eigenvalue weighted by Gasteiger charge is 2.70. The van der Waals surface area contributed by atoms with Gasteiger partial charge in [-0.3, -0.25) is 4.79 Å². The largest absolute Gasteiger partial charge is 0.350 e. The predicted octanol–water partition coefficient (Wildman–Crippen LogP) is 4.90. The molecule has 4 aliphatic carbocycles. The summed E-state index contributed by atoms with van der Waals surface area (Å²) in [5, 5.41) is 0. The van der Waals surface area contributed by atoms with Crippen LogP contribution in [0.2, 0.25) is 0 Å². The topological polar surface area (TPSA) is 35.5 Å². The van der Waals surface area contributed by atoms with Gasteiger partial charge in [0.1, 0.15) is 5.78 Å². The zero-order valence-corrected chi connectivity index (χ0v) is 17.1. The second-order valence-electron chi connectivity index (χ2n) is 11.0. The molecule has 3 heteroatoms. The third-order valence-corrected chi connectivity index (χ3v) is 9.46. The molecule has 3 saturated carbocycles. The molecule has 0 aromatic carbocycles. The van der Waals surface area contributed by atoms with Crippen molar-refractivity contribution in [3.63, 3.8) is 0 Å². The first kappa shape index (κ1) is 17.4. The summed E-state index contributed by atoms with van der Waals surface area (Å²) in [6, 6.07) is 0. The maximum absolute atomic E-state index is 12.9. The number of allylic oxidation sites excluding steroid dienone is 2. The highest BCUT2D eigenvalue weighted by molar-refractivity contribution is 5.87. The van der Waals surface area contributed by atoms with Crippen LogP contribution in [-0.4, -0.2) is 24.3 Å². The zero-order valence-electron chi connectivity index (χ0n) is 17.1. The van der Waals surface area contributed by atoms with Crippen LogP contribution in [-0.2, 0) is 14.3 Å². The van der Waals surface area contributed by atoms with Crippen molar-refractivity contribution < 1.29 is 14.3 Å². The molecule has 1 heterocycles. The summed E-state index contributed by atoms with van der Waals surface area (Å²) in [7, 11) is 0. The summed E-state index contributed by atoms with van der Waals surface area (Å²) in [4.78, 5) is 12.9. The molecule has 0 N–H and O–H groups in total. The summed E-state index contributed by atoms with van der Waals surface area (Å²) in [6.07, 6.45) is 9.44. The Hall–Kier alpha value is -0.670. The number of fused-ring (bicyclic) bond motifs is 4. The molecule has 2 bridgehead atoms. The van der Waals surface area contributed by atoms with Gasteiger partial charge in [0.05, 0.1) is 12.7 Å². The molecule has 0 radical (unpaired) electrons. The van der Waals surface area contributed by atoms with E-state index in [4.69, 9.17) is 9.47 Å². The van der Waals surface area contributed by atoms with E-state index in [2.05, 4.69) is 26.8 Å². The Morgan fingerprint density at radius 2 is 1.88 bits per heavy atom. The molecule has 0 amide bonds. The van der Waals surface area contributed by atoms with Crippen molar-refractivity contribution in [1.82, 2.24) is 0 Å². The average Bonchev–Trinajstić information content (AvgIpc) is 2.87. The zero-order chi connectivity index (χ0) is 18.5. The molecular formula is C23H34O3. The van der Waals surface area contributed by atoms with Gasteiger partial charge in [0, 0.05) is 17.8 Å². The molecule has 0 aromatic rings. The molecule has 7 atom stereocenters. The maximum Gasteiger partial charge on any atom is 0.163 e. The van der Waals surface area contributed by atoms with Gasteiger partial charge in [0.2, 0.25) is 0 Å². The van der Waals surface area contributed by atoms with E-state index >= 15 is 0 Å². The minimum Gasteiger partial charge on any atom is -0.350 e. The number of rotatable bonds is 0. The first-order chi connectivity index (χ1) is 12.1. The third-order valence-electron chi connectivity index (χ3n) is 9.46. The van der Waals surface area contributed by atoms with Crippen molar-refractivity contribution in [2.75, 3.05) is 6.61 Å². The normalized spacial score (nSPS) is 54.8. The minimum absolute atomic E-state index is 0.0690. The van der Waals surface area contributed by atoms with Crippen LogP contribution >= 0.6 is 0 Å². The Kier molecular flexibility index (Phi) is 3.37. The number of Topliss-reactive ketones (excluding diaryl/α,β-unsaturated/α-hetero) is 1. The van der Waals surface area contributed by atoms with Crippen molar-refractivity contribution >= 4 is 5.78 Å². The van der Waals surface area contributed by atoms with E-state index in [-0.39, 0.29) is 28.3 Å². The highest BCUT2D eigenvalue weighted by Crippen LogP contribution is 2.73. The standard InChI is InChI=1S/C23H34O3/c1-14-10-15-6-7-18-21(4)13-25-20(2,3)26-19(21)8-9-22(18,5)23(15)11-16(14)17(24)12-23/h10,15-16,18-19H,6-9,11-13H2,1-5H3/t15-,16-,18-,19+,21-,22-,23+/m0/s1. The number of hydrogen-bond acceptors (Lipinski definition) is 3. The van der Waals surface area contributed by atoms with E-state index in [1.807, 2.05) is 13.8 Å². The SMILES string of the molecule is CC1=C[C@@H]2CC[C@H]3[C@]4(C)COC(C)(C)O[C@@H]4CC[C@]3(C)[C@]23CC(=O)[C@H]1C3. The lowest BCUT2D eigenvalue weighted by Crippen LogP contribution is -2.66. The minimum atomic E-state index is -0.466. The summed E-state index contributed by atoms with van der Waals surface area (Å²) >= 11 is 0. The molecule has 5 rings (SSSR count). The predicted molar refractivity (Wildman–Crippen MR) is 100 cm³/mol. The molecule has 1 aliphatic heterocycles. The molecular weight excluding hydrogens is 324 g/mol. The van der Waals surface area contributed by atoms with Crippen LogP contribution in [0.15, 0.2) is 11.6 Å². The first-order valence-electron chi connectivity index (χ1n) is 10.6. The number of carbonyl (C=O) groups excluding carboxylic acids is 1. The van der Waals surface area contributed by atoms with Crippen molar-refractivity contribution in [1.29, 1.82) is 0 Å². The fraction of sp³-hybridized carbons (Fsp3) is 0.870. The molecule has 0 aromatic heterocycles. The molecule has 1 spiro atoms. The molecule has 5 aliphatic rings. The van der Waals surface area contributed by atoms with Crippen LogP contribution in [0.1, 0.15) is 73.1 Å². The smallest absolute Gasteiger partial charge is 0.163 e. The van der Waals surface area contributed by atoms with Gasteiger partial charge in [-0.15, -0.1) is 0 Å². The van der Waals surface area contributed by atoms with Crippen LogP contribution in [0.4, 0.5) is 0 Å². The maximum atomic E-state index is 12.9. The van der Waals surface area contributed by atoms with Crippen molar-refractivity contribution in [2.45, 2.75) is 85.0 Å². The summed E-state index contributed by atoms with van der Waals surface area (Å²) in [6.45, 7) is 12.0. The van der Waals surface area contributed by atoms with Crippen LogP contribution in [0.3, 0.4) is 0 Å². The Morgan fingerprint density at radius 1 is 1.12 bits per heavy atom. The Bertz CT molecular complexity index is 694. The number of hydrogen-bond donors (Lipinski definition) is 0. The molecule has 4 fully saturated rings. The number of carbonyl (C=O) groups is 1. The monoisotopic (exact) mass is 358 g/mol. The van der Waals surface area contributed by atoms with Crippen LogP contribution in [0.25, 0.3) is 0 Å². The molecule has 0 unspecified atom stereocenters. The quantitative estimate of drug-likeness (QED) is 0.578. The first-order valence-corrected chi connectivity index (χ1v) is 10.6. The van der Waals surface area contributed by atoms with Crippen molar-refractivity contribution in [3.05, 3.63) is 11.6 Å². The van der Waals surface area contributed by atoms with E-state index in [1.165, 1.54) is 24.8 Å². The van der Waals surface area contributed by atoms with Crippen LogP contribution in [0.5, 0.6) is 0 Å². The molecule has 26 heavy (non-hydrogen) atoms. The Morgan fingerprint density at radius 3 is 2.65 bits per heavy atom. The fourth-order valence-corrected chi connectivity index (χ4v) is 8.06. The number of ether oxygens (including phenoxy) is 2. The molecule has 3 nitrogen and oxygen atoms in total. The van der Waals surface area contributed by atoms with Gasteiger partial charge in [-0.1, -0.05) is 25.5 Å². The van der Waals surface area contributed by atoms with Gasteiger partial charge in [-0.2, -0.15) is 0 Å². The Labute approximate surface area is 157 Å². The second kappa shape index (κ2) is 5.03. The third kappa shape index (κ3) is 1.95. The van der Waals surface area contributed by atoms with Crippen molar-refractivity contribution in [2.24, 2.45) is 34.0 Å².